The third kappa shape index (κ3) is 3.15. The molecule has 0 aliphatic heterocycles. The molecule has 2 rings (SSSR count). The number of amides is 1. The van der Waals surface area contributed by atoms with Crippen molar-refractivity contribution in [3.63, 3.8) is 0 Å². The molecule has 0 heterocycles. The van der Waals surface area contributed by atoms with Crippen LogP contribution in [-0.2, 0) is 4.79 Å². The normalized spacial score (nSPS) is 14.9. The van der Waals surface area contributed by atoms with Gasteiger partial charge in [-0.2, -0.15) is 0 Å². The maximum atomic E-state index is 11.8. The van der Waals surface area contributed by atoms with Gasteiger partial charge < -0.3 is 15.4 Å². The van der Waals surface area contributed by atoms with Gasteiger partial charge in [-0.25, -0.2) is 0 Å². The van der Waals surface area contributed by atoms with E-state index in [1.807, 2.05) is 24.1 Å². The first kappa shape index (κ1) is 12.7. The number of rotatable bonds is 5. The van der Waals surface area contributed by atoms with Crippen molar-refractivity contribution in [1.82, 2.24) is 4.90 Å². The highest BCUT2D eigenvalue weighted by atomic mass is 16.5. The van der Waals surface area contributed by atoms with Gasteiger partial charge in [0, 0.05) is 18.8 Å². The van der Waals surface area contributed by atoms with Gasteiger partial charge in [-0.1, -0.05) is 0 Å². The number of nitrogens with two attached hydrogens (primary N) is 1. The summed E-state index contributed by atoms with van der Waals surface area (Å²) >= 11 is 0. The summed E-state index contributed by atoms with van der Waals surface area (Å²) in [7, 11) is 1.88. The van der Waals surface area contributed by atoms with Crippen LogP contribution in [0.15, 0.2) is 24.3 Å². The molecule has 1 amide bonds. The maximum Gasteiger partial charge on any atom is 0.225 e. The Balaban J connectivity index is 1.71. The Morgan fingerprint density at radius 3 is 2.61 bits per heavy atom. The van der Waals surface area contributed by atoms with Gasteiger partial charge in [0.2, 0.25) is 5.91 Å². The van der Waals surface area contributed by atoms with Crippen molar-refractivity contribution < 1.29 is 9.53 Å². The summed E-state index contributed by atoms with van der Waals surface area (Å²) in [6, 6.07) is 7.66. The molecule has 0 atom stereocenters. The largest absolute Gasteiger partial charge is 0.493 e. The third-order valence-corrected chi connectivity index (χ3v) is 3.48. The van der Waals surface area contributed by atoms with Gasteiger partial charge in [-0.3, -0.25) is 4.79 Å². The molecule has 1 aromatic carbocycles. The van der Waals surface area contributed by atoms with Crippen LogP contribution in [0.2, 0.25) is 0 Å². The van der Waals surface area contributed by atoms with Crippen LogP contribution >= 0.6 is 0 Å². The average molecular weight is 248 g/mol. The minimum absolute atomic E-state index is 0.162. The minimum Gasteiger partial charge on any atom is -0.493 e. The number of hydrogen-bond donors (Lipinski definition) is 1. The molecule has 1 fully saturated rings. The molecule has 18 heavy (non-hydrogen) atoms. The Labute approximate surface area is 108 Å². The Morgan fingerprint density at radius 2 is 2.06 bits per heavy atom. The third-order valence-electron chi connectivity index (χ3n) is 3.48. The molecule has 0 saturated heterocycles. The second-order valence-corrected chi connectivity index (χ2v) is 4.76. The van der Waals surface area contributed by atoms with Crippen molar-refractivity contribution in [2.75, 3.05) is 19.4 Å². The van der Waals surface area contributed by atoms with Gasteiger partial charge in [0.15, 0.2) is 0 Å². The van der Waals surface area contributed by atoms with Gasteiger partial charge in [-0.15, -0.1) is 0 Å². The molecular weight excluding hydrogens is 228 g/mol. The molecule has 0 aromatic heterocycles. The molecule has 2 N–H and O–H groups in total. The summed E-state index contributed by atoms with van der Waals surface area (Å²) in [4.78, 5) is 13.7. The monoisotopic (exact) mass is 248 g/mol. The highest BCUT2D eigenvalue weighted by Gasteiger charge is 2.25. The lowest BCUT2D eigenvalue weighted by Gasteiger charge is -2.34. The highest BCUT2D eigenvalue weighted by Crippen LogP contribution is 2.24. The molecule has 4 nitrogen and oxygen atoms in total. The summed E-state index contributed by atoms with van der Waals surface area (Å²) in [5, 5.41) is 0. The van der Waals surface area contributed by atoms with Gasteiger partial charge in [0.25, 0.3) is 0 Å². The summed E-state index contributed by atoms with van der Waals surface area (Å²) in [5.41, 5.74) is 6.29. The first-order valence-electron chi connectivity index (χ1n) is 6.41. The minimum atomic E-state index is 0.162. The lowest BCUT2D eigenvalue weighted by atomic mass is 9.92. The van der Waals surface area contributed by atoms with E-state index in [0.29, 0.717) is 24.8 Å². The Morgan fingerprint density at radius 1 is 1.39 bits per heavy atom. The average Bonchev–Trinajstić information content (AvgIpc) is 2.29. The Kier molecular flexibility index (Phi) is 4.07. The molecule has 98 valence electrons. The van der Waals surface area contributed by atoms with E-state index >= 15 is 0 Å². The van der Waals surface area contributed by atoms with Gasteiger partial charge in [0.1, 0.15) is 5.75 Å². The Hall–Kier alpha value is -1.71. The molecule has 0 radical (unpaired) electrons. The zero-order valence-corrected chi connectivity index (χ0v) is 10.8. The number of hydrogen-bond acceptors (Lipinski definition) is 3. The zero-order chi connectivity index (χ0) is 13.0. The summed E-state index contributed by atoms with van der Waals surface area (Å²) < 4.78 is 5.51. The van der Waals surface area contributed by atoms with Crippen LogP contribution in [0.25, 0.3) is 0 Å². The number of nitrogen functional groups attached to an aromatic ring is 1. The van der Waals surface area contributed by atoms with Crippen LogP contribution in [0, 0.1) is 0 Å². The van der Waals surface area contributed by atoms with Gasteiger partial charge >= 0.3 is 0 Å². The first-order chi connectivity index (χ1) is 8.66. The lowest BCUT2D eigenvalue weighted by molar-refractivity contribution is -0.133. The number of benzene rings is 1. The van der Waals surface area contributed by atoms with Crippen LogP contribution in [0.3, 0.4) is 0 Å². The summed E-state index contributed by atoms with van der Waals surface area (Å²) in [5.74, 6) is 0.915. The fraction of sp³-hybridized carbons (Fsp3) is 0.500. The van der Waals surface area contributed by atoms with E-state index < -0.39 is 0 Å². The molecule has 1 aliphatic carbocycles. The quantitative estimate of drug-likeness (QED) is 0.811. The van der Waals surface area contributed by atoms with Crippen molar-refractivity contribution in [3.05, 3.63) is 24.3 Å². The van der Waals surface area contributed by atoms with Crippen LogP contribution in [0.1, 0.15) is 25.7 Å². The van der Waals surface area contributed by atoms with E-state index in [9.17, 15) is 4.79 Å². The van der Waals surface area contributed by atoms with E-state index in [1.165, 1.54) is 6.42 Å². The first-order valence-corrected chi connectivity index (χ1v) is 6.41. The number of anilines is 1. The highest BCUT2D eigenvalue weighted by molar-refractivity contribution is 5.76. The molecule has 1 aromatic rings. The number of carbonyl (C=O) groups excluding carboxylic acids is 1. The fourth-order valence-corrected chi connectivity index (χ4v) is 1.97. The second-order valence-electron chi connectivity index (χ2n) is 4.76. The van der Waals surface area contributed by atoms with E-state index in [0.717, 1.165) is 18.6 Å². The van der Waals surface area contributed by atoms with Crippen molar-refractivity contribution in [3.8, 4) is 5.75 Å². The van der Waals surface area contributed by atoms with Crippen LogP contribution < -0.4 is 10.5 Å². The molecule has 1 saturated carbocycles. The molecule has 0 bridgehead atoms. The van der Waals surface area contributed by atoms with E-state index in [-0.39, 0.29) is 5.91 Å². The number of carbonyl (C=O) groups is 1. The fourth-order valence-electron chi connectivity index (χ4n) is 1.97. The van der Waals surface area contributed by atoms with Crippen LogP contribution in [0.5, 0.6) is 5.75 Å². The van der Waals surface area contributed by atoms with Crippen molar-refractivity contribution >= 4 is 11.6 Å². The smallest absolute Gasteiger partial charge is 0.225 e. The second kappa shape index (κ2) is 5.76. The summed E-state index contributed by atoms with van der Waals surface area (Å²) in [6.07, 6.45) is 3.95. The molecule has 0 unspecified atom stereocenters. The van der Waals surface area contributed by atoms with Crippen LogP contribution in [-0.4, -0.2) is 30.5 Å². The molecular formula is C14H20N2O2. The number of nitrogens with zero attached hydrogens (tertiary/aromatic N) is 1. The van der Waals surface area contributed by atoms with E-state index in [4.69, 9.17) is 10.5 Å². The van der Waals surface area contributed by atoms with Crippen molar-refractivity contribution in [2.24, 2.45) is 0 Å². The predicted octanol–water partition coefficient (Wildman–Crippen LogP) is 2.05. The lowest BCUT2D eigenvalue weighted by Crippen LogP contribution is -2.41. The van der Waals surface area contributed by atoms with Crippen molar-refractivity contribution in [1.29, 1.82) is 0 Å². The van der Waals surface area contributed by atoms with Crippen LogP contribution in [0.4, 0.5) is 5.69 Å². The summed E-state index contributed by atoms with van der Waals surface area (Å²) in [6.45, 7) is 0.416. The SMILES string of the molecule is CN(C(=O)CCOc1ccc(N)cc1)C1CCC1. The zero-order valence-electron chi connectivity index (χ0n) is 10.8. The van der Waals surface area contributed by atoms with E-state index in [2.05, 4.69) is 0 Å². The van der Waals surface area contributed by atoms with Gasteiger partial charge in [0.05, 0.1) is 13.0 Å². The topological polar surface area (TPSA) is 55.6 Å². The standard InChI is InChI=1S/C14H20N2O2/c1-16(12-3-2-4-12)14(17)9-10-18-13-7-5-11(15)6-8-13/h5-8,12H,2-4,9-10,15H2,1H3. The number of ether oxygens (including phenoxy) is 1. The maximum absolute atomic E-state index is 11.8. The molecule has 4 heteroatoms. The molecule has 1 aliphatic rings. The van der Waals surface area contributed by atoms with Gasteiger partial charge in [-0.05, 0) is 43.5 Å². The van der Waals surface area contributed by atoms with E-state index in [1.54, 1.807) is 12.1 Å². The molecule has 0 spiro atoms. The Bertz CT molecular complexity index is 399. The van der Waals surface area contributed by atoms with Crippen molar-refractivity contribution in [2.45, 2.75) is 31.7 Å². The predicted molar refractivity (Wildman–Crippen MR) is 71.4 cm³/mol.